The number of fused-ring (bicyclic) bond motifs is 1. The predicted octanol–water partition coefficient (Wildman–Crippen LogP) is 2.39. The highest BCUT2D eigenvalue weighted by Crippen LogP contribution is 2.36. The Morgan fingerprint density at radius 1 is 1.17 bits per heavy atom. The molecule has 1 heterocycles. The molecule has 0 radical (unpaired) electrons. The van der Waals surface area contributed by atoms with Crippen LogP contribution in [-0.4, -0.2) is 25.8 Å². The molecule has 0 aliphatic carbocycles. The number of amides is 1. The summed E-state index contributed by atoms with van der Waals surface area (Å²) in [5, 5.41) is 2.77. The van der Waals surface area contributed by atoms with Crippen LogP contribution in [0.4, 0.5) is 5.69 Å². The molecule has 0 saturated heterocycles. The molecule has 24 heavy (non-hydrogen) atoms. The predicted molar refractivity (Wildman–Crippen MR) is 96.5 cm³/mol. The fourth-order valence-electron chi connectivity index (χ4n) is 2.60. The first kappa shape index (κ1) is 16.9. The Morgan fingerprint density at radius 2 is 1.88 bits per heavy atom. The molecule has 1 aliphatic rings. The second-order valence-electron chi connectivity index (χ2n) is 5.67. The molecule has 0 bridgehead atoms. The molecule has 0 aromatic heterocycles. The van der Waals surface area contributed by atoms with Crippen molar-refractivity contribution in [2.75, 3.05) is 11.0 Å². The van der Waals surface area contributed by atoms with Gasteiger partial charge < -0.3 is 5.32 Å². The van der Waals surface area contributed by atoms with E-state index in [4.69, 9.17) is 0 Å². The van der Waals surface area contributed by atoms with Gasteiger partial charge in [0.25, 0.3) is 0 Å². The second kappa shape index (κ2) is 6.86. The first-order chi connectivity index (χ1) is 11.4. The summed E-state index contributed by atoms with van der Waals surface area (Å²) < 4.78 is 25.3. The smallest absolute Gasteiger partial charge is 0.234 e. The summed E-state index contributed by atoms with van der Waals surface area (Å²) in [6, 6.07) is 15.1. The average Bonchev–Trinajstić information content (AvgIpc) is 2.96. The van der Waals surface area contributed by atoms with Gasteiger partial charge >= 0.3 is 0 Å². The van der Waals surface area contributed by atoms with Crippen LogP contribution in [0.15, 0.2) is 53.4 Å². The van der Waals surface area contributed by atoms with Crippen LogP contribution in [0.2, 0.25) is 0 Å². The largest absolute Gasteiger partial charge is 0.351 e. The Balaban J connectivity index is 1.64. The third-order valence-corrected chi connectivity index (χ3v) is 5.61. The summed E-state index contributed by atoms with van der Waals surface area (Å²) in [4.78, 5) is 13.6. The molecule has 3 rings (SSSR count). The van der Waals surface area contributed by atoms with Crippen molar-refractivity contribution >= 4 is 33.4 Å². The fourth-order valence-corrected chi connectivity index (χ4v) is 4.42. The summed E-state index contributed by atoms with van der Waals surface area (Å²) in [5.74, 6) is -0.0367. The van der Waals surface area contributed by atoms with Crippen molar-refractivity contribution in [2.45, 2.75) is 23.1 Å². The van der Waals surface area contributed by atoms with Gasteiger partial charge in [0.15, 0.2) is 0 Å². The van der Waals surface area contributed by atoms with E-state index in [-0.39, 0.29) is 17.7 Å². The Bertz CT molecular complexity index is 841. The lowest BCUT2D eigenvalue weighted by molar-refractivity contribution is -0.120. The van der Waals surface area contributed by atoms with Crippen LogP contribution in [-0.2, 0) is 27.8 Å². The van der Waals surface area contributed by atoms with Gasteiger partial charge in [-0.3, -0.25) is 9.52 Å². The van der Waals surface area contributed by atoms with Crippen LogP contribution >= 0.6 is 11.8 Å². The molecule has 0 fully saturated rings. The Kier molecular flexibility index (Phi) is 4.82. The molecular weight excluding hydrogens is 344 g/mol. The number of hydrogen-bond donors (Lipinski definition) is 2. The van der Waals surface area contributed by atoms with Crippen molar-refractivity contribution < 1.29 is 13.2 Å². The maximum Gasteiger partial charge on any atom is 0.234 e. The van der Waals surface area contributed by atoms with E-state index in [9.17, 15) is 13.2 Å². The number of carbonyl (C=O) groups excluding carboxylic acids is 1. The van der Waals surface area contributed by atoms with Crippen molar-refractivity contribution in [1.29, 1.82) is 0 Å². The Labute approximate surface area is 145 Å². The van der Waals surface area contributed by atoms with E-state index >= 15 is 0 Å². The van der Waals surface area contributed by atoms with Crippen LogP contribution in [0, 0.1) is 0 Å². The van der Waals surface area contributed by atoms with Crippen LogP contribution in [0.5, 0.6) is 0 Å². The maximum absolute atomic E-state index is 12.4. The van der Waals surface area contributed by atoms with Gasteiger partial charge in [-0.1, -0.05) is 36.4 Å². The number of para-hydroxylation sites is 1. The topological polar surface area (TPSA) is 75.3 Å². The lowest BCUT2D eigenvalue weighted by atomic mass is 10.1. The summed E-state index contributed by atoms with van der Waals surface area (Å²) in [6.45, 7) is 0.283. The molecule has 2 aromatic rings. The first-order valence-corrected chi connectivity index (χ1v) is 10.3. The van der Waals surface area contributed by atoms with E-state index in [0.717, 1.165) is 23.1 Å². The molecule has 1 atom stereocenters. The first-order valence-electron chi connectivity index (χ1n) is 7.50. The number of anilines is 1. The second-order valence-corrected chi connectivity index (χ2v) is 8.66. The van der Waals surface area contributed by atoms with E-state index in [0.29, 0.717) is 5.69 Å². The minimum atomic E-state index is -3.36. The monoisotopic (exact) mass is 362 g/mol. The van der Waals surface area contributed by atoms with Gasteiger partial charge in [-0.15, -0.1) is 11.8 Å². The number of carbonyl (C=O) groups is 1. The molecule has 2 N–H and O–H groups in total. The zero-order valence-electron chi connectivity index (χ0n) is 13.2. The molecule has 0 spiro atoms. The highest BCUT2D eigenvalue weighted by atomic mass is 32.2. The lowest BCUT2D eigenvalue weighted by Crippen LogP contribution is -2.32. The third-order valence-electron chi connectivity index (χ3n) is 3.71. The maximum atomic E-state index is 12.4. The summed E-state index contributed by atoms with van der Waals surface area (Å²) in [6.07, 6.45) is 1.82. The van der Waals surface area contributed by atoms with Crippen molar-refractivity contribution in [1.82, 2.24) is 5.32 Å². The van der Waals surface area contributed by atoms with Crippen molar-refractivity contribution in [3.8, 4) is 0 Å². The number of nitrogens with one attached hydrogen (secondary N) is 2. The van der Waals surface area contributed by atoms with E-state index in [1.54, 1.807) is 30.0 Å². The molecule has 1 amide bonds. The molecule has 2 aromatic carbocycles. The zero-order chi connectivity index (χ0) is 17.2. The van der Waals surface area contributed by atoms with E-state index < -0.39 is 10.0 Å². The van der Waals surface area contributed by atoms with E-state index in [1.807, 2.05) is 30.3 Å². The molecule has 0 saturated carbocycles. The summed E-state index contributed by atoms with van der Waals surface area (Å²) in [7, 11) is -3.36. The number of thioether (sulfide) groups is 1. The summed E-state index contributed by atoms with van der Waals surface area (Å²) in [5.41, 5.74) is 2.42. The third kappa shape index (κ3) is 4.10. The fraction of sp³-hybridized carbons (Fsp3) is 0.235. The van der Waals surface area contributed by atoms with Gasteiger partial charge in [-0.25, -0.2) is 8.42 Å². The minimum Gasteiger partial charge on any atom is -0.351 e. The number of hydrogen-bond acceptors (Lipinski definition) is 4. The van der Waals surface area contributed by atoms with Gasteiger partial charge in [0.05, 0.1) is 17.2 Å². The molecule has 5 nitrogen and oxygen atoms in total. The van der Waals surface area contributed by atoms with Gasteiger partial charge in [0.1, 0.15) is 0 Å². The van der Waals surface area contributed by atoms with Crippen molar-refractivity contribution in [3.05, 3.63) is 59.7 Å². The quantitative estimate of drug-likeness (QED) is 0.856. The lowest BCUT2D eigenvalue weighted by Gasteiger charge is -2.13. The number of sulfonamides is 1. The van der Waals surface area contributed by atoms with Crippen LogP contribution in [0.1, 0.15) is 11.1 Å². The molecular formula is C17H18N2O3S2. The zero-order valence-corrected chi connectivity index (χ0v) is 14.8. The van der Waals surface area contributed by atoms with Gasteiger partial charge in [0, 0.05) is 11.4 Å². The SMILES string of the molecule is CS(=O)(=O)Nc1ccccc1CNC(=O)C1Cc2ccccc2S1. The van der Waals surface area contributed by atoms with Crippen LogP contribution < -0.4 is 10.0 Å². The molecule has 7 heteroatoms. The van der Waals surface area contributed by atoms with Gasteiger partial charge in [-0.05, 0) is 29.7 Å². The van der Waals surface area contributed by atoms with Crippen molar-refractivity contribution in [3.63, 3.8) is 0 Å². The normalized spacial score (nSPS) is 16.5. The van der Waals surface area contributed by atoms with Crippen molar-refractivity contribution in [2.24, 2.45) is 0 Å². The van der Waals surface area contributed by atoms with Crippen LogP contribution in [0.25, 0.3) is 0 Å². The summed E-state index contributed by atoms with van der Waals surface area (Å²) >= 11 is 1.57. The Morgan fingerprint density at radius 3 is 2.62 bits per heavy atom. The average molecular weight is 362 g/mol. The molecule has 1 aliphatic heterocycles. The Hall–Kier alpha value is -1.99. The van der Waals surface area contributed by atoms with Gasteiger partial charge in [-0.2, -0.15) is 0 Å². The molecule has 126 valence electrons. The van der Waals surface area contributed by atoms with Gasteiger partial charge in [0.2, 0.25) is 15.9 Å². The van der Waals surface area contributed by atoms with Crippen LogP contribution in [0.3, 0.4) is 0 Å². The standard InChI is InChI=1S/C17H18N2O3S2/c1-24(21,22)19-14-8-4-2-7-13(14)11-18-17(20)16-10-12-6-3-5-9-15(12)23-16/h2-9,16,19H,10-11H2,1H3,(H,18,20). The van der Waals surface area contributed by atoms with E-state index in [1.165, 1.54) is 5.56 Å². The van der Waals surface area contributed by atoms with E-state index in [2.05, 4.69) is 10.0 Å². The highest BCUT2D eigenvalue weighted by Gasteiger charge is 2.27. The number of rotatable bonds is 5. The number of benzene rings is 2. The molecule has 1 unspecified atom stereocenters. The minimum absolute atomic E-state index is 0.0367. The highest BCUT2D eigenvalue weighted by molar-refractivity contribution is 8.01.